The molecule has 1 atom stereocenters. The lowest BCUT2D eigenvalue weighted by Crippen LogP contribution is -2.26. The van der Waals surface area contributed by atoms with Gasteiger partial charge in [-0.1, -0.05) is 0 Å². The predicted octanol–water partition coefficient (Wildman–Crippen LogP) is 1.90. The van der Waals surface area contributed by atoms with Crippen LogP contribution in [0.25, 0.3) is 0 Å². The summed E-state index contributed by atoms with van der Waals surface area (Å²) in [6, 6.07) is 3.88. The van der Waals surface area contributed by atoms with Crippen molar-refractivity contribution in [3.05, 3.63) is 24.5 Å². The average molecular weight is 253 g/mol. The molecule has 0 N–H and O–H groups in total. The Hall–Kier alpha value is 0.240. The zero-order valence-electron chi connectivity index (χ0n) is 7.35. The summed E-state index contributed by atoms with van der Waals surface area (Å²) in [5.74, 6) is 0. The Morgan fingerprint density at radius 2 is 1.92 bits per heavy atom. The van der Waals surface area contributed by atoms with Crippen molar-refractivity contribution in [2.24, 2.45) is 0 Å². The molecule has 0 aliphatic rings. The molecule has 0 aliphatic heterocycles. The maximum atomic E-state index is 5.88. The first kappa shape index (κ1) is 11.3. The Bertz CT molecular complexity index is 333. The fourth-order valence-corrected chi connectivity index (χ4v) is 2.28. The molecule has 0 saturated heterocycles. The van der Waals surface area contributed by atoms with Gasteiger partial charge in [0, 0.05) is 31.9 Å². The lowest BCUT2D eigenvalue weighted by Gasteiger charge is -2.15. The van der Waals surface area contributed by atoms with Gasteiger partial charge in [0.05, 0.1) is 0 Å². The Kier molecular flexibility index (Phi) is 3.64. The Morgan fingerprint density at radius 1 is 1.46 bits per heavy atom. The summed E-state index contributed by atoms with van der Waals surface area (Å²) >= 11 is 15.9. The van der Waals surface area contributed by atoms with Crippen molar-refractivity contribution in [1.29, 1.82) is 0 Å². The van der Waals surface area contributed by atoms with E-state index in [1.54, 1.807) is 4.34 Å². The molecule has 0 radical (unpaired) electrons. The van der Waals surface area contributed by atoms with E-state index in [0.717, 1.165) is 5.69 Å². The zero-order valence-corrected chi connectivity index (χ0v) is 10.6. The smallest absolute Gasteiger partial charge is 0.171 e. The minimum atomic E-state index is -2.28. The molecule has 0 bridgehead atoms. The minimum Gasteiger partial charge on any atom is -0.660 e. The van der Waals surface area contributed by atoms with Crippen LogP contribution in [0.5, 0.6) is 0 Å². The highest BCUT2D eigenvalue weighted by atomic mass is 35.7. The van der Waals surface area contributed by atoms with Crippen LogP contribution < -0.4 is 9.24 Å². The molecule has 13 heavy (non-hydrogen) atoms. The van der Waals surface area contributed by atoms with Crippen molar-refractivity contribution in [3.8, 4) is 0 Å². The van der Waals surface area contributed by atoms with Gasteiger partial charge in [0.25, 0.3) is 0 Å². The van der Waals surface area contributed by atoms with Crippen LogP contribution in [0.15, 0.2) is 24.5 Å². The second-order valence-electron chi connectivity index (χ2n) is 2.78. The summed E-state index contributed by atoms with van der Waals surface area (Å²) in [4.78, 5) is 2.01. The van der Waals surface area contributed by atoms with Gasteiger partial charge in [0.15, 0.2) is 17.1 Å². The molecule has 0 amide bonds. The number of halogens is 1. The quantitative estimate of drug-likeness (QED) is 0.587. The van der Waals surface area contributed by atoms with Crippen LogP contribution in [-0.2, 0) is 24.1 Å². The van der Waals surface area contributed by atoms with Crippen molar-refractivity contribution in [2.75, 3.05) is 19.0 Å². The van der Waals surface area contributed by atoms with E-state index < -0.39 is 4.74 Å². The van der Waals surface area contributed by atoms with Gasteiger partial charge in [0.2, 0.25) is 0 Å². The number of rotatable bonds is 2. The van der Waals surface area contributed by atoms with Gasteiger partial charge in [0.1, 0.15) is 0 Å². The molecule has 1 unspecified atom stereocenters. The lowest BCUT2D eigenvalue weighted by molar-refractivity contribution is -0.505. The summed E-state index contributed by atoms with van der Waals surface area (Å²) in [6.45, 7) is 0. The van der Waals surface area contributed by atoms with Gasteiger partial charge >= 0.3 is 0 Å². The standard InChI is InChI=1S/C7H10ClN2PS2/c1-9(2)7-3-5-10(6-4-7)11(8,12)13/h3-6H,1-2H3. The summed E-state index contributed by atoms with van der Waals surface area (Å²) < 4.78 is -0.567. The molecule has 1 heterocycles. The van der Waals surface area contributed by atoms with Crippen molar-refractivity contribution in [3.63, 3.8) is 0 Å². The molecule has 1 rings (SSSR count). The largest absolute Gasteiger partial charge is 0.660 e. The summed E-state index contributed by atoms with van der Waals surface area (Å²) in [5.41, 5.74) is 1.10. The number of hydrogen-bond donors (Lipinski definition) is 0. The summed E-state index contributed by atoms with van der Waals surface area (Å²) in [6.07, 6.45) is 3.66. The Morgan fingerprint density at radius 3 is 2.23 bits per heavy atom. The molecular weight excluding hydrogens is 243 g/mol. The maximum Gasteiger partial charge on any atom is 0.171 e. The third-order valence-electron chi connectivity index (χ3n) is 1.59. The Balaban J connectivity index is 3.01. The lowest BCUT2D eigenvalue weighted by atomic mass is 10.4. The van der Waals surface area contributed by atoms with Crippen LogP contribution in [0, 0.1) is 0 Å². The summed E-state index contributed by atoms with van der Waals surface area (Å²) in [5, 5.41) is 0. The minimum absolute atomic E-state index is 1.10. The van der Waals surface area contributed by atoms with Gasteiger partial charge in [-0.2, -0.15) is 4.34 Å². The van der Waals surface area contributed by atoms with E-state index >= 15 is 0 Å². The Labute approximate surface area is 93.5 Å². The number of anilines is 1. The van der Waals surface area contributed by atoms with E-state index in [2.05, 4.69) is 0 Å². The second-order valence-corrected chi connectivity index (χ2v) is 10.7. The SMILES string of the molecule is CN(C)c1cc[n+](P(=S)([S-])Cl)cc1. The van der Waals surface area contributed by atoms with E-state index in [1.807, 2.05) is 43.5 Å². The third-order valence-corrected chi connectivity index (χ3v) is 4.06. The molecule has 0 fully saturated rings. The first-order valence-electron chi connectivity index (χ1n) is 3.61. The van der Waals surface area contributed by atoms with E-state index in [0.29, 0.717) is 0 Å². The second kappa shape index (κ2) is 4.18. The molecule has 6 heteroatoms. The van der Waals surface area contributed by atoms with Gasteiger partial charge in [-0.25, -0.2) is 0 Å². The first-order valence-corrected chi connectivity index (χ1v) is 8.29. The van der Waals surface area contributed by atoms with E-state index in [-0.39, 0.29) is 0 Å². The van der Waals surface area contributed by atoms with E-state index in [9.17, 15) is 0 Å². The molecule has 2 nitrogen and oxygen atoms in total. The van der Waals surface area contributed by atoms with E-state index in [1.165, 1.54) is 0 Å². The zero-order chi connectivity index (χ0) is 10.1. The fraction of sp³-hybridized carbons (Fsp3) is 0.286. The van der Waals surface area contributed by atoms with Crippen molar-refractivity contribution < 1.29 is 4.34 Å². The molecule has 1 aromatic rings. The van der Waals surface area contributed by atoms with Crippen LogP contribution in [0.2, 0.25) is 0 Å². The third kappa shape index (κ3) is 3.13. The van der Waals surface area contributed by atoms with Crippen LogP contribution in [0.3, 0.4) is 0 Å². The normalized spacial score (nSPS) is 15.1. The van der Waals surface area contributed by atoms with E-state index in [4.69, 9.17) is 35.3 Å². The number of pyridine rings is 1. The molecule has 72 valence electrons. The molecular formula is C7H10ClN2PS2. The van der Waals surface area contributed by atoms with Crippen LogP contribution >= 0.6 is 16.0 Å². The molecule has 1 aromatic heterocycles. The number of nitrogens with zero attached hydrogens (tertiary/aromatic N) is 2. The van der Waals surface area contributed by atoms with Crippen molar-refractivity contribution in [2.45, 2.75) is 0 Å². The van der Waals surface area contributed by atoms with Crippen LogP contribution in [0.4, 0.5) is 5.69 Å². The van der Waals surface area contributed by atoms with Gasteiger partial charge in [-0.15, -0.1) is 0 Å². The first-order chi connectivity index (χ1) is 5.91. The molecule has 0 aromatic carbocycles. The van der Waals surface area contributed by atoms with Gasteiger partial charge in [-0.05, 0) is 23.0 Å². The highest BCUT2D eigenvalue weighted by Gasteiger charge is 2.07. The topological polar surface area (TPSA) is 7.12 Å². The van der Waals surface area contributed by atoms with Crippen molar-refractivity contribution in [1.82, 2.24) is 0 Å². The molecule has 0 saturated carbocycles. The monoisotopic (exact) mass is 252 g/mol. The molecule has 0 aliphatic carbocycles. The highest BCUT2D eigenvalue weighted by Crippen LogP contribution is 2.42. The fourth-order valence-electron chi connectivity index (χ4n) is 0.868. The van der Waals surface area contributed by atoms with Gasteiger partial charge in [-0.3, -0.25) is 0 Å². The number of aromatic nitrogens is 1. The predicted molar refractivity (Wildman–Crippen MR) is 63.9 cm³/mol. The van der Waals surface area contributed by atoms with Crippen LogP contribution in [0.1, 0.15) is 0 Å². The average Bonchev–Trinajstić information content (AvgIpc) is 2.03. The van der Waals surface area contributed by atoms with Crippen LogP contribution in [-0.4, -0.2) is 14.1 Å². The van der Waals surface area contributed by atoms with Gasteiger partial charge < -0.3 is 17.1 Å². The van der Waals surface area contributed by atoms with Crippen molar-refractivity contribution >= 4 is 45.7 Å². The number of hydrogen-bond acceptors (Lipinski definition) is 3. The molecule has 0 spiro atoms. The maximum absolute atomic E-state index is 5.88. The highest BCUT2D eigenvalue weighted by molar-refractivity contribution is 8.61. The summed E-state index contributed by atoms with van der Waals surface area (Å²) in [7, 11) is 3.95.